The van der Waals surface area contributed by atoms with Gasteiger partial charge in [-0.05, 0) is 24.4 Å². The number of aryl methyl sites for hydroxylation is 3. The summed E-state index contributed by atoms with van der Waals surface area (Å²) in [4.78, 5) is 5.45. The number of rotatable bonds is 6. The third-order valence-electron chi connectivity index (χ3n) is 3.02. The van der Waals surface area contributed by atoms with Crippen LogP contribution in [-0.4, -0.2) is 19.1 Å². The molecule has 1 unspecified atom stereocenters. The standard InChI is InChI=1S/C11H18N6S/c1-3-8-11(18-16-15-8)9(14-12)4-5-10-13-6-7-17(10)2/h6-7,9,14H,3-5,12H2,1-2H3. The molecule has 1 atom stereocenters. The first-order valence-corrected chi connectivity index (χ1v) is 6.77. The van der Waals surface area contributed by atoms with Crippen LogP contribution in [0, 0.1) is 0 Å². The highest BCUT2D eigenvalue weighted by molar-refractivity contribution is 7.05. The number of hydrazine groups is 1. The van der Waals surface area contributed by atoms with E-state index in [1.165, 1.54) is 11.5 Å². The fraction of sp³-hybridized carbons (Fsp3) is 0.545. The molecule has 0 aromatic carbocycles. The van der Waals surface area contributed by atoms with Crippen LogP contribution in [0.15, 0.2) is 12.4 Å². The van der Waals surface area contributed by atoms with E-state index in [9.17, 15) is 0 Å². The lowest BCUT2D eigenvalue weighted by atomic mass is 10.1. The van der Waals surface area contributed by atoms with Gasteiger partial charge >= 0.3 is 0 Å². The zero-order valence-corrected chi connectivity index (χ0v) is 11.4. The summed E-state index contributed by atoms with van der Waals surface area (Å²) < 4.78 is 6.03. The highest BCUT2D eigenvalue weighted by Crippen LogP contribution is 2.24. The number of nitrogens with two attached hydrogens (primary N) is 1. The molecule has 2 aromatic rings. The molecule has 0 aliphatic heterocycles. The van der Waals surface area contributed by atoms with Crippen molar-refractivity contribution in [3.05, 3.63) is 28.8 Å². The van der Waals surface area contributed by atoms with Crippen LogP contribution in [0.5, 0.6) is 0 Å². The van der Waals surface area contributed by atoms with Gasteiger partial charge in [-0.2, -0.15) is 0 Å². The first-order valence-electron chi connectivity index (χ1n) is 5.99. The van der Waals surface area contributed by atoms with E-state index in [2.05, 4.69) is 26.9 Å². The Balaban J connectivity index is 2.04. The monoisotopic (exact) mass is 266 g/mol. The van der Waals surface area contributed by atoms with Crippen LogP contribution in [-0.2, 0) is 19.9 Å². The Kier molecular flexibility index (Phi) is 4.40. The van der Waals surface area contributed by atoms with E-state index in [4.69, 9.17) is 5.84 Å². The van der Waals surface area contributed by atoms with Gasteiger partial charge in [0.2, 0.25) is 0 Å². The van der Waals surface area contributed by atoms with Crippen molar-refractivity contribution in [3.8, 4) is 0 Å². The second-order valence-corrected chi connectivity index (χ2v) is 4.94. The largest absolute Gasteiger partial charge is 0.338 e. The zero-order chi connectivity index (χ0) is 13.0. The van der Waals surface area contributed by atoms with E-state index in [-0.39, 0.29) is 6.04 Å². The van der Waals surface area contributed by atoms with Gasteiger partial charge < -0.3 is 4.57 Å². The molecule has 0 spiro atoms. The second kappa shape index (κ2) is 6.03. The number of hydrogen-bond acceptors (Lipinski definition) is 6. The van der Waals surface area contributed by atoms with E-state index in [1.807, 2.05) is 24.0 Å². The summed E-state index contributed by atoms with van der Waals surface area (Å²) in [7, 11) is 2.00. The van der Waals surface area contributed by atoms with Gasteiger partial charge in [0, 0.05) is 25.9 Å². The van der Waals surface area contributed by atoms with Crippen molar-refractivity contribution < 1.29 is 0 Å². The van der Waals surface area contributed by atoms with Crippen LogP contribution in [0.2, 0.25) is 0 Å². The van der Waals surface area contributed by atoms with Crippen LogP contribution in [0.3, 0.4) is 0 Å². The Morgan fingerprint density at radius 1 is 1.56 bits per heavy atom. The lowest BCUT2D eigenvalue weighted by molar-refractivity contribution is 0.509. The maximum atomic E-state index is 5.64. The fourth-order valence-corrected chi connectivity index (χ4v) is 2.76. The number of nitrogens with zero attached hydrogens (tertiary/aromatic N) is 4. The fourth-order valence-electron chi connectivity index (χ4n) is 1.93. The molecule has 98 valence electrons. The van der Waals surface area contributed by atoms with Gasteiger partial charge in [-0.25, -0.2) is 4.98 Å². The summed E-state index contributed by atoms with van der Waals surface area (Å²) in [5, 5.41) is 4.12. The molecule has 2 aromatic heterocycles. The van der Waals surface area contributed by atoms with E-state index in [0.29, 0.717) is 0 Å². The number of hydrogen-bond donors (Lipinski definition) is 2. The number of imidazole rings is 1. The minimum Gasteiger partial charge on any atom is -0.338 e. The molecule has 2 rings (SSSR count). The van der Waals surface area contributed by atoms with E-state index >= 15 is 0 Å². The predicted molar refractivity (Wildman–Crippen MR) is 70.9 cm³/mol. The lowest BCUT2D eigenvalue weighted by Crippen LogP contribution is -2.28. The number of aromatic nitrogens is 4. The topological polar surface area (TPSA) is 81.7 Å². The molecule has 0 fully saturated rings. The zero-order valence-electron chi connectivity index (χ0n) is 10.6. The molecule has 0 bridgehead atoms. The van der Waals surface area contributed by atoms with Gasteiger partial charge in [-0.15, -0.1) is 5.10 Å². The first-order chi connectivity index (χ1) is 8.76. The third-order valence-corrected chi connectivity index (χ3v) is 3.90. The SMILES string of the molecule is CCc1nnsc1C(CCc1nccn1C)NN. The van der Waals surface area contributed by atoms with Gasteiger partial charge in [0.05, 0.1) is 16.6 Å². The van der Waals surface area contributed by atoms with Crippen LogP contribution in [0.4, 0.5) is 0 Å². The Hall–Kier alpha value is -1.31. The molecular formula is C11H18N6S. The highest BCUT2D eigenvalue weighted by Gasteiger charge is 2.17. The van der Waals surface area contributed by atoms with Gasteiger partial charge in [-0.3, -0.25) is 11.3 Å². The summed E-state index contributed by atoms with van der Waals surface area (Å²) in [6, 6.07) is 0.0941. The van der Waals surface area contributed by atoms with Crippen molar-refractivity contribution in [2.75, 3.05) is 0 Å². The van der Waals surface area contributed by atoms with Crippen molar-refractivity contribution >= 4 is 11.5 Å². The molecule has 7 heteroatoms. The highest BCUT2D eigenvalue weighted by atomic mass is 32.1. The average molecular weight is 266 g/mol. The molecule has 6 nitrogen and oxygen atoms in total. The molecule has 0 saturated heterocycles. The van der Waals surface area contributed by atoms with Crippen molar-refractivity contribution in [1.29, 1.82) is 0 Å². The minimum absolute atomic E-state index is 0.0941. The molecule has 2 heterocycles. The Bertz CT molecular complexity index is 491. The Morgan fingerprint density at radius 3 is 3.00 bits per heavy atom. The summed E-state index contributed by atoms with van der Waals surface area (Å²) in [5.74, 6) is 6.70. The molecule has 0 radical (unpaired) electrons. The molecule has 0 aliphatic carbocycles. The first kappa shape index (κ1) is 13.1. The van der Waals surface area contributed by atoms with Crippen LogP contribution in [0.25, 0.3) is 0 Å². The second-order valence-electron chi connectivity index (χ2n) is 4.15. The van der Waals surface area contributed by atoms with Crippen LogP contribution in [0.1, 0.15) is 35.8 Å². The molecule has 0 saturated carbocycles. The molecule has 3 N–H and O–H groups in total. The minimum atomic E-state index is 0.0941. The third kappa shape index (κ3) is 2.74. The van der Waals surface area contributed by atoms with Gasteiger partial charge in [-0.1, -0.05) is 11.4 Å². The summed E-state index contributed by atoms with van der Waals surface area (Å²) >= 11 is 1.42. The maximum Gasteiger partial charge on any atom is 0.108 e. The summed E-state index contributed by atoms with van der Waals surface area (Å²) in [5.41, 5.74) is 3.88. The molecular weight excluding hydrogens is 248 g/mol. The van der Waals surface area contributed by atoms with Crippen molar-refractivity contribution in [2.45, 2.75) is 32.2 Å². The normalized spacial score (nSPS) is 12.8. The lowest BCUT2D eigenvalue weighted by Gasteiger charge is -2.14. The predicted octanol–water partition coefficient (Wildman–Crippen LogP) is 0.971. The molecule has 18 heavy (non-hydrogen) atoms. The van der Waals surface area contributed by atoms with E-state index < -0.39 is 0 Å². The molecule has 0 aliphatic rings. The Morgan fingerprint density at radius 2 is 2.39 bits per heavy atom. The summed E-state index contributed by atoms with van der Waals surface area (Å²) in [6.07, 6.45) is 6.40. The Labute approximate surface area is 110 Å². The van der Waals surface area contributed by atoms with E-state index in [0.717, 1.165) is 35.7 Å². The van der Waals surface area contributed by atoms with Crippen LogP contribution >= 0.6 is 11.5 Å². The van der Waals surface area contributed by atoms with Gasteiger partial charge in [0.25, 0.3) is 0 Å². The van der Waals surface area contributed by atoms with Gasteiger partial charge in [0.15, 0.2) is 0 Å². The average Bonchev–Trinajstić information content (AvgIpc) is 2.99. The van der Waals surface area contributed by atoms with Gasteiger partial charge in [0.1, 0.15) is 5.82 Å². The number of nitrogens with one attached hydrogen (secondary N) is 1. The quantitative estimate of drug-likeness (QED) is 0.601. The van der Waals surface area contributed by atoms with E-state index in [1.54, 1.807) is 0 Å². The smallest absolute Gasteiger partial charge is 0.108 e. The van der Waals surface area contributed by atoms with Crippen LogP contribution < -0.4 is 11.3 Å². The molecule has 0 amide bonds. The summed E-state index contributed by atoms with van der Waals surface area (Å²) in [6.45, 7) is 2.08. The maximum absolute atomic E-state index is 5.64. The van der Waals surface area contributed by atoms with Crippen molar-refractivity contribution in [2.24, 2.45) is 12.9 Å². The van der Waals surface area contributed by atoms with Crippen molar-refractivity contribution in [1.82, 2.24) is 24.6 Å². The van der Waals surface area contributed by atoms with Crippen molar-refractivity contribution in [3.63, 3.8) is 0 Å².